The molecule has 4 N–H and O–H groups in total. The lowest BCUT2D eigenvalue weighted by Crippen LogP contribution is -2.31. The third-order valence-corrected chi connectivity index (χ3v) is 5.28. The molecule has 1 aliphatic heterocycles. The van der Waals surface area contributed by atoms with Crippen LogP contribution in [0.1, 0.15) is 23.6 Å². The van der Waals surface area contributed by atoms with Crippen LogP contribution >= 0.6 is 0 Å². The summed E-state index contributed by atoms with van der Waals surface area (Å²) in [6, 6.07) is 9.99. The number of amidine groups is 1. The van der Waals surface area contributed by atoms with Gasteiger partial charge in [-0.2, -0.15) is 5.10 Å². The lowest BCUT2D eigenvalue weighted by Gasteiger charge is -2.29. The number of hydrazine groups is 1. The minimum atomic E-state index is 0.567. The fraction of sp³-hybridized carbons (Fsp3) is 0.160. The van der Waals surface area contributed by atoms with E-state index in [1.165, 1.54) is 0 Å². The lowest BCUT2D eigenvalue weighted by atomic mass is 10.0. The van der Waals surface area contributed by atoms with Gasteiger partial charge in [-0.05, 0) is 60.9 Å². The van der Waals surface area contributed by atoms with Crippen LogP contribution in [-0.2, 0) is 13.5 Å². The molecule has 2 aromatic heterocycles. The predicted octanol–water partition coefficient (Wildman–Crippen LogP) is 3.91. The highest BCUT2D eigenvalue weighted by molar-refractivity contribution is 6.06. The van der Waals surface area contributed by atoms with Crippen LogP contribution in [0.5, 0.6) is 0 Å². The molecule has 0 spiro atoms. The van der Waals surface area contributed by atoms with Gasteiger partial charge in [0.1, 0.15) is 0 Å². The summed E-state index contributed by atoms with van der Waals surface area (Å²) in [5, 5.41) is 7.74. The fourth-order valence-electron chi connectivity index (χ4n) is 3.77. The molecule has 0 amide bonds. The molecule has 33 heavy (non-hydrogen) atoms. The number of rotatable bonds is 8. The minimum absolute atomic E-state index is 0.567. The van der Waals surface area contributed by atoms with E-state index in [4.69, 9.17) is 10.8 Å². The van der Waals surface area contributed by atoms with Crippen LogP contribution in [-0.4, -0.2) is 32.0 Å². The van der Waals surface area contributed by atoms with E-state index in [0.717, 1.165) is 46.0 Å². The second kappa shape index (κ2) is 9.97. The molecular weight excluding hydrogens is 412 g/mol. The van der Waals surface area contributed by atoms with Gasteiger partial charge < -0.3 is 15.6 Å². The van der Waals surface area contributed by atoms with Crippen LogP contribution in [0.3, 0.4) is 0 Å². The second-order valence-corrected chi connectivity index (χ2v) is 7.66. The summed E-state index contributed by atoms with van der Waals surface area (Å²) in [4.78, 5) is 10.8. The van der Waals surface area contributed by atoms with E-state index in [1.807, 2.05) is 67.8 Å². The van der Waals surface area contributed by atoms with Crippen molar-refractivity contribution in [1.82, 2.24) is 19.7 Å². The zero-order chi connectivity index (χ0) is 23.2. The molecule has 0 saturated carbocycles. The monoisotopic (exact) mass is 440 g/mol. The van der Waals surface area contributed by atoms with Gasteiger partial charge in [0, 0.05) is 43.1 Å². The van der Waals surface area contributed by atoms with Crippen molar-refractivity contribution >= 4 is 22.9 Å². The van der Waals surface area contributed by atoms with Gasteiger partial charge in [-0.3, -0.25) is 20.5 Å². The van der Waals surface area contributed by atoms with Crippen LogP contribution < -0.4 is 16.6 Å². The van der Waals surface area contributed by atoms with E-state index >= 15 is 0 Å². The largest absolute Gasteiger partial charge is 0.353 e. The van der Waals surface area contributed by atoms with Crippen LogP contribution in [0.15, 0.2) is 90.7 Å². The normalized spacial score (nSPS) is 13.6. The number of benzene rings is 1. The van der Waals surface area contributed by atoms with Crippen molar-refractivity contribution in [3.8, 4) is 0 Å². The smallest absolute Gasteiger partial charge is 0.156 e. The van der Waals surface area contributed by atoms with Crippen LogP contribution in [0.4, 0.5) is 11.4 Å². The molecule has 3 aromatic rings. The quantitative estimate of drug-likeness (QED) is 0.363. The molecule has 8 heteroatoms. The Labute approximate surface area is 193 Å². The van der Waals surface area contributed by atoms with Crippen LogP contribution in [0.25, 0.3) is 5.70 Å². The number of aryl methyl sites for hydroxylation is 1. The first-order chi connectivity index (χ1) is 16.1. The highest BCUT2D eigenvalue weighted by Crippen LogP contribution is 2.27. The minimum Gasteiger partial charge on any atom is -0.353 e. The number of allylic oxidation sites excluding steroid dienone is 1. The van der Waals surface area contributed by atoms with Crippen molar-refractivity contribution in [2.45, 2.75) is 13.3 Å². The van der Waals surface area contributed by atoms with Gasteiger partial charge in [0.25, 0.3) is 0 Å². The molecule has 0 saturated heterocycles. The Bertz CT molecular complexity index is 1220. The molecule has 1 aromatic carbocycles. The van der Waals surface area contributed by atoms with Crippen molar-refractivity contribution in [1.29, 1.82) is 0 Å². The van der Waals surface area contributed by atoms with E-state index in [2.05, 4.69) is 39.5 Å². The number of nitrogens with zero attached hydrogens (tertiary/aromatic N) is 5. The average Bonchev–Trinajstić information content (AvgIpc) is 3.26. The molecule has 0 unspecified atom stereocenters. The maximum atomic E-state index is 5.75. The number of anilines is 2. The molecular formula is C25H28N8. The number of hydrogen-bond donors (Lipinski definition) is 3. The van der Waals surface area contributed by atoms with Gasteiger partial charge in [0.2, 0.25) is 0 Å². The highest BCUT2D eigenvalue weighted by atomic mass is 15.3. The maximum Gasteiger partial charge on any atom is 0.156 e. The summed E-state index contributed by atoms with van der Waals surface area (Å²) in [5.74, 6) is 6.51. The van der Waals surface area contributed by atoms with Gasteiger partial charge in [0.05, 0.1) is 29.8 Å². The SMILES string of the molecule is C=C(Nc1ccc(NN)c(Cc2ccncc2)c1)C1=NCC=C(c2cnn(C)c2)N1/C=C\C. The van der Waals surface area contributed by atoms with Crippen LogP contribution in [0, 0.1) is 0 Å². The first-order valence-electron chi connectivity index (χ1n) is 10.7. The summed E-state index contributed by atoms with van der Waals surface area (Å²) in [7, 11) is 1.91. The van der Waals surface area contributed by atoms with E-state index in [1.54, 1.807) is 17.1 Å². The zero-order valence-electron chi connectivity index (χ0n) is 18.9. The highest BCUT2D eigenvalue weighted by Gasteiger charge is 2.22. The summed E-state index contributed by atoms with van der Waals surface area (Å²) in [6.45, 7) is 6.83. The van der Waals surface area contributed by atoms with Gasteiger partial charge >= 0.3 is 0 Å². The van der Waals surface area contributed by atoms with E-state index < -0.39 is 0 Å². The molecule has 1 aliphatic rings. The van der Waals surface area contributed by atoms with E-state index in [0.29, 0.717) is 12.2 Å². The first kappa shape index (κ1) is 22.0. The summed E-state index contributed by atoms with van der Waals surface area (Å²) in [5.41, 5.74) is 9.53. The number of nitrogens with one attached hydrogen (secondary N) is 2. The van der Waals surface area contributed by atoms with Crippen molar-refractivity contribution in [3.05, 3.63) is 102 Å². The summed E-state index contributed by atoms with van der Waals surface area (Å²) >= 11 is 0. The first-order valence-corrected chi connectivity index (χ1v) is 10.7. The van der Waals surface area contributed by atoms with Crippen molar-refractivity contribution in [2.75, 3.05) is 17.3 Å². The topological polar surface area (TPSA) is 96.4 Å². The fourth-order valence-corrected chi connectivity index (χ4v) is 3.77. The van der Waals surface area contributed by atoms with Crippen LogP contribution in [0.2, 0.25) is 0 Å². The van der Waals surface area contributed by atoms with Gasteiger partial charge in [0.15, 0.2) is 5.84 Å². The molecule has 0 fully saturated rings. The molecule has 168 valence electrons. The molecule has 4 rings (SSSR count). The van der Waals surface area contributed by atoms with Crippen molar-refractivity contribution in [2.24, 2.45) is 17.9 Å². The zero-order valence-corrected chi connectivity index (χ0v) is 18.9. The van der Waals surface area contributed by atoms with Gasteiger partial charge in [-0.15, -0.1) is 0 Å². The number of aromatic nitrogens is 3. The number of nitrogens with two attached hydrogens (primary N) is 1. The standard InChI is InChI=1S/C25H28N8/c1-4-13-33-24(21-16-29-32(3)17-21)9-12-28-25(33)18(2)30-22-5-6-23(31-26)20(15-22)14-19-7-10-27-11-8-19/h4-11,13,15-17,30-31H,2,12,14,26H2,1,3H3/b13-4-. The molecule has 0 atom stereocenters. The second-order valence-electron chi connectivity index (χ2n) is 7.66. The Morgan fingerprint density at radius 3 is 2.76 bits per heavy atom. The molecule has 3 heterocycles. The number of pyridine rings is 1. The Hall–Kier alpha value is -4.17. The van der Waals surface area contributed by atoms with E-state index in [9.17, 15) is 0 Å². The summed E-state index contributed by atoms with van der Waals surface area (Å²) < 4.78 is 1.79. The maximum absolute atomic E-state index is 5.75. The number of hydrogen-bond acceptors (Lipinski definition) is 7. The molecule has 8 nitrogen and oxygen atoms in total. The number of nitrogen functional groups attached to an aromatic ring is 1. The third-order valence-electron chi connectivity index (χ3n) is 5.28. The van der Waals surface area contributed by atoms with Crippen molar-refractivity contribution in [3.63, 3.8) is 0 Å². The Morgan fingerprint density at radius 1 is 1.24 bits per heavy atom. The third kappa shape index (κ3) is 5.02. The predicted molar refractivity (Wildman–Crippen MR) is 134 cm³/mol. The molecule has 0 radical (unpaired) electrons. The molecule has 0 aliphatic carbocycles. The Morgan fingerprint density at radius 2 is 2.06 bits per heavy atom. The number of aliphatic imine (C=N–C) groups is 1. The molecule has 0 bridgehead atoms. The van der Waals surface area contributed by atoms with E-state index in [-0.39, 0.29) is 0 Å². The lowest BCUT2D eigenvalue weighted by molar-refractivity contribution is 0.757. The van der Waals surface area contributed by atoms with Crippen molar-refractivity contribution < 1.29 is 0 Å². The van der Waals surface area contributed by atoms with Gasteiger partial charge in [-0.1, -0.05) is 12.7 Å². The van der Waals surface area contributed by atoms with Gasteiger partial charge in [-0.25, -0.2) is 0 Å². The average molecular weight is 441 g/mol. The Balaban J connectivity index is 1.57. The Kier molecular flexibility index (Phi) is 6.66. The summed E-state index contributed by atoms with van der Waals surface area (Å²) in [6.07, 6.45) is 14.2.